The molecule has 0 N–H and O–H groups in total. The summed E-state index contributed by atoms with van der Waals surface area (Å²) in [4.78, 5) is 18.3. The Morgan fingerprint density at radius 3 is 3.12 bits per heavy atom. The maximum atomic E-state index is 12.2. The largest absolute Gasteiger partial charge is 0.333 e. The maximum Gasteiger partial charge on any atom is 0.273 e. The van der Waals surface area contributed by atoms with Crippen LogP contribution in [0, 0.1) is 0 Å². The number of pyridine rings is 1. The van der Waals surface area contributed by atoms with Crippen molar-refractivity contribution in [2.45, 2.75) is 18.9 Å². The molecule has 0 bridgehead atoms. The predicted molar refractivity (Wildman–Crippen MR) is 69.8 cm³/mol. The van der Waals surface area contributed by atoms with Crippen LogP contribution in [0.15, 0.2) is 22.8 Å². The minimum absolute atomic E-state index is 0.0226. The van der Waals surface area contributed by atoms with Gasteiger partial charge in [0.05, 0.1) is 0 Å². The van der Waals surface area contributed by atoms with Gasteiger partial charge in [0, 0.05) is 28.6 Å². The van der Waals surface area contributed by atoms with E-state index in [0.29, 0.717) is 11.7 Å². The van der Waals surface area contributed by atoms with Crippen molar-refractivity contribution < 1.29 is 4.79 Å². The lowest BCUT2D eigenvalue weighted by molar-refractivity contribution is 0.0743. The van der Waals surface area contributed by atoms with Crippen LogP contribution in [0.3, 0.4) is 0 Å². The fourth-order valence-electron chi connectivity index (χ4n) is 1.94. The maximum absolute atomic E-state index is 12.2. The molecule has 1 fully saturated rings. The van der Waals surface area contributed by atoms with Gasteiger partial charge in [0.1, 0.15) is 5.69 Å². The fourth-order valence-corrected chi connectivity index (χ4v) is 3.04. The van der Waals surface area contributed by atoms with E-state index in [9.17, 15) is 4.79 Å². The van der Waals surface area contributed by atoms with Crippen LogP contribution >= 0.6 is 31.9 Å². The number of alkyl halides is 1. The lowest BCUT2D eigenvalue weighted by Crippen LogP contribution is -2.37. The zero-order valence-electron chi connectivity index (χ0n) is 8.70. The summed E-state index contributed by atoms with van der Waals surface area (Å²) in [5.74, 6) is 0.0226. The minimum Gasteiger partial charge on any atom is -0.333 e. The van der Waals surface area contributed by atoms with Gasteiger partial charge in [-0.2, -0.15) is 0 Å². The van der Waals surface area contributed by atoms with Crippen molar-refractivity contribution in [1.82, 2.24) is 9.88 Å². The van der Waals surface area contributed by atoms with Gasteiger partial charge in [0.15, 0.2) is 0 Å². The molecule has 1 aliphatic rings. The van der Waals surface area contributed by atoms with Crippen LogP contribution < -0.4 is 0 Å². The topological polar surface area (TPSA) is 33.2 Å². The van der Waals surface area contributed by atoms with E-state index in [4.69, 9.17) is 0 Å². The molecule has 3 nitrogen and oxygen atoms in total. The third-order valence-electron chi connectivity index (χ3n) is 2.78. The SMILES string of the molecule is O=C(c1ncccc1Br)N1CCCC1CBr. The van der Waals surface area contributed by atoms with E-state index < -0.39 is 0 Å². The Morgan fingerprint density at radius 2 is 2.44 bits per heavy atom. The van der Waals surface area contributed by atoms with Crippen molar-refractivity contribution in [1.29, 1.82) is 0 Å². The van der Waals surface area contributed by atoms with Gasteiger partial charge in [-0.1, -0.05) is 15.9 Å². The smallest absolute Gasteiger partial charge is 0.273 e. The average Bonchev–Trinajstić information content (AvgIpc) is 2.77. The number of amides is 1. The molecule has 1 saturated heterocycles. The normalized spacial score (nSPS) is 20.1. The van der Waals surface area contributed by atoms with E-state index in [1.807, 2.05) is 17.0 Å². The highest BCUT2D eigenvalue weighted by Crippen LogP contribution is 2.23. The zero-order chi connectivity index (χ0) is 11.5. The molecule has 1 aromatic rings. The fraction of sp³-hybridized carbons (Fsp3) is 0.455. The van der Waals surface area contributed by atoms with Crippen molar-refractivity contribution in [2.75, 3.05) is 11.9 Å². The molecule has 5 heteroatoms. The van der Waals surface area contributed by atoms with Gasteiger partial charge in [-0.3, -0.25) is 4.79 Å². The van der Waals surface area contributed by atoms with E-state index in [1.54, 1.807) is 6.20 Å². The highest BCUT2D eigenvalue weighted by atomic mass is 79.9. The molecule has 1 atom stereocenters. The second-order valence-electron chi connectivity index (χ2n) is 3.78. The van der Waals surface area contributed by atoms with Gasteiger partial charge in [-0.25, -0.2) is 4.98 Å². The Bertz CT molecular complexity index is 397. The number of nitrogens with zero attached hydrogens (tertiary/aromatic N) is 2. The molecule has 1 aromatic heterocycles. The molecule has 0 saturated carbocycles. The molecule has 2 rings (SSSR count). The standard InChI is InChI=1S/C11H12Br2N2O/c12-7-8-3-2-6-15(8)11(16)10-9(13)4-1-5-14-10/h1,4-5,8H,2-3,6-7H2. The summed E-state index contributed by atoms with van der Waals surface area (Å²) in [5, 5.41) is 0.837. The lowest BCUT2D eigenvalue weighted by Gasteiger charge is -2.22. The second-order valence-corrected chi connectivity index (χ2v) is 5.28. The van der Waals surface area contributed by atoms with Crippen LogP contribution in [0.4, 0.5) is 0 Å². The molecule has 2 heterocycles. The summed E-state index contributed by atoms with van der Waals surface area (Å²) in [6, 6.07) is 3.97. The number of carbonyl (C=O) groups is 1. The molecule has 1 aliphatic heterocycles. The van der Waals surface area contributed by atoms with Crippen LogP contribution in [0.5, 0.6) is 0 Å². The summed E-state index contributed by atoms with van der Waals surface area (Å²) in [6.45, 7) is 0.831. The first-order valence-corrected chi connectivity index (χ1v) is 7.13. The number of carbonyl (C=O) groups excluding carboxylic acids is 1. The quantitative estimate of drug-likeness (QED) is 0.771. The Morgan fingerprint density at radius 1 is 1.62 bits per heavy atom. The Balaban J connectivity index is 2.22. The van der Waals surface area contributed by atoms with Crippen LogP contribution in [-0.4, -0.2) is 33.7 Å². The molecule has 1 unspecified atom stereocenters. The molecule has 0 spiro atoms. The molecule has 1 amide bonds. The van der Waals surface area contributed by atoms with Crippen molar-refractivity contribution in [2.24, 2.45) is 0 Å². The Hall–Kier alpha value is -0.420. The first kappa shape index (κ1) is 12.0. The summed E-state index contributed by atoms with van der Waals surface area (Å²) in [6.07, 6.45) is 3.80. The van der Waals surface area contributed by atoms with Crippen LogP contribution in [0.1, 0.15) is 23.3 Å². The van der Waals surface area contributed by atoms with Crippen LogP contribution in [0.2, 0.25) is 0 Å². The lowest BCUT2D eigenvalue weighted by atomic mass is 10.2. The summed E-state index contributed by atoms with van der Waals surface area (Å²) in [5.41, 5.74) is 0.510. The van der Waals surface area contributed by atoms with Gasteiger partial charge in [0.2, 0.25) is 0 Å². The number of halogens is 2. The number of hydrogen-bond donors (Lipinski definition) is 0. The highest BCUT2D eigenvalue weighted by molar-refractivity contribution is 9.10. The van der Waals surface area contributed by atoms with E-state index >= 15 is 0 Å². The first-order valence-electron chi connectivity index (χ1n) is 5.21. The van der Waals surface area contributed by atoms with Crippen LogP contribution in [-0.2, 0) is 0 Å². The van der Waals surface area contributed by atoms with Crippen molar-refractivity contribution in [3.8, 4) is 0 Å². The van der Waals surface area contributed by atoms with E-state index in [-0.39, 0.29) is 5.91 Å². The van der Waals surface area contributed by atoms with Crippen molar-refractivity contribution in [3.05, 3.63) is 28.5 Å². The number of aromatic nitrogens is 1. The Kier molecular flexibility index (Phi) is 3.97. The number of rotatable bonds is 2. The molecule has 16 heavy (non-hydrogen) atoms. The van der Waals surface area contributed by atoms with Gasteiger partial charge < -0.3 is 4.90 Å². The second kappa shape index (κ2) is 5.27. The third kappa shape index (κ3) is 2.30. The van der Waals surface area contributed by atoms with E-state index in [0.717, 1.165) is 29.2 Å². The number of likely N-dealkylation sites (tertiary alicyclic amines) is 1. The first-order chi connectivity index (χ1) is 7.74. The van der Waals surface area contributed by atoms with E-state index in [2.05, 4.69) is 36.8 Å². The van der Waals surface area contributed by atoms with Gasteiger partial charge in [-0.15, -0.1) is 0 Å². The van der Waals surface area contributed by atoms with Crippen molar-refractivity contribution >= 4 is 37.8 Å². The molecule has 0 radical (unpaired) electrons. The minimum atomic E-state index is 0.0226. The predicted octanol–water partition coefficient (Wildman–Crippen LogP) is 2.84. The molecular weight excluding hydrogens is 336 g/mol. The molecular formula is C11H12Br2N2O. The van der Waals surface area contributed by atoms with Crippen LogP contribution in [0.25, 0.3) is 0 Å². The van der Waals surface area contributed by atoms with Gasteiger partial charge >= 0.3 is 0 Å². The number of hydrogen-bond acceptors (Lipinski definition) is 2. The Labute approximate surface area is 111 Å². The van der Waals surface area contributed by atoms with Gasteiger partial charge in [-0.05, 0) is 40.9 Å². The third-order valence-corrected chi connectivity index (χ3v) is 4.16. The molecule has 0 aromatic carbocycles. The monoisotopic (exact) mass is 346 g/mol. The van der Waals surface area contributed by atoms with Gasteiger partial charge in [0.25, 0.3) is 5.91 Å². The summed E-state index contributed by atoms with van der Waals surface area (Å²) < 4.78 is 0.764. The molecule has 86 valence electrons. The zero-order valence-corrected chi connectivity index (χ0v) is 11.9. The highest BCUT2D eigenvalue weighted by Gasteiger charge is 2.29. The summed E-state index contributed by atoms with van der Waals surface area (Å²) >= 11 is 6.81. The molecule has 0 aliphatic carbocycles. The average molecular weight is 348 g/mol. The van der Waals surface area contributed by atoms with E-state index in [1.165, 1.54) is 0 Å². The van der Waals surface area contributed by atoms with Crippen molar-refractivity contribution in [3.63, 3.8) is 0 Å². The summed E-state index contributed by atoms with van der Waals surface area (Å²) in [7, 11) is 0.